The van der Waals surface area contributed by atoms with E-state index in [0.717, 1.165) is 12.8 Å². The van der Waals surface area contributed by atoms with Crippen molar-refractivity contribution in [1.29, 1.82) is 0 Å². The molecule has 0 aromatic heterocycles. The minimum atomic E-state index is -3.83. The lowest BCUT2D eigenvalue weighted by Crippen LogP contribution is -2.26. The molecule has 0 bridgehead atoms. The zero-order valence-electron chi connectivity index (χ0n) is 15.0. The SMILES string of the molecule is COc1ccc(S(=O)(=O)Nc2ccccc2C(=O)NCCCCN)cc1.Cl. The summed E-state index contributed by atoms with van der Waals surface area (Å²) >= 11 is 0. The maximum absolute atomic E-state index is 12.6. The van der Waals surface area contributed by atoms with E-state index in [4.69, 9.17) is 10.5 Å². The maximum Gasteiger partial charge on any atom is 0.261 e. The number of halogens is 1. The Hall–Kier alpha value is -2.29. The predicted octanol–water partition coefficient (Wildman–Crippen LogP) is 2.39. The van der Waals surface area contributed by atoms with E-state index in [2.05, 4.69) is 10.0 Å². The number of unbranched alkanes of at least 4 members (excludes halogenated alkanes) is 1. The third-order valence-corrected chi connectivity index (χ3v) is 5.08. The first kappa shape index (κ1) is 22.8. The number of hydrogen-bond acceptors (Lipinski definition) is 5. The number of anilines is 1. The van der Waals surface area contributed by atoms with Crippen LogP contribution in [0.25, 0.3) is 0 Å². The minimum Gasteiger partial charge on any atom is -0.497 e. The van der Waals surface area contributed by atoms with Crippen molar-refractivity contribution in [3.63, 3.8) is 0 Å². The molecule has 2 aromatic carbocycles. The van der Waals surface area contributed by atoms with Gasteiger partial charge in [0.05, 0.1) is 23.3 Å². The van der Waals surface area contributed by atoms with E-state index in [1.165, 1.54) is 19.2 Å². The van der Waals surface area contributed by atoms with Crippen molar-refractivity contribution in [3.05, 3.63) is 54.1 Å². The largest absolute Gasteiger partial charge is 0.497 e. The number of para-hydroxylation sites is 1. The number of ether oxygens (including phenoxy) is 1. The number of carbonyl (C=O) groups is 1. The fourth-order valence-electron chi connectivity index (χ4n) is 2.30. The molecule has 0 saturated carbocycles. The van der Waals surface area contributed by atoms with Gasteiger partial charge in [0.2, 0.25) is 0 Å². The van der Waals surface area contributed by atoms with Crippen molar-refractivity contribution in [2.75, 3.05) is 24.9 Å². The van der Waals surface area contributed by atoms with Gasteiger partial charge in [0, 0.05) is 6.54 Å². The van der Waals surface area contributed by atoms with Gasteiger partial charge in [0.1, 0.15) is 5.75 Å². The molecule has 0 aliphatic carbocycles. The van der Waals surface area contributed by atoms with E-state index in [-0.39, 0.29) is 34.5 Å². The molecule has 0 saturated heterocycles. The number of nitrogens with two attached hydrogens (primary N) is 1. The van der Waals surface area contributed by atoms with Crippen molar-refractivity contribution in [2.45, 2.75) is 17.7 Å². The van der Waals surface area contributed by atoms with Gasteiger partial charge in [-0.3, -0.25) is 9.52 Å². The van der Waals surface area contributed by atoms with Crippen LogP contribution in [0.4, 0.5) is 5.69 Å². The molecule has 148 valence electrons. The number of carbonyl (C=O) groups excluding carboxylic acids is 1. The number of nitrogens with one attached hydrogen (secondary N) is 2. The Morgan fingerprint density at radius 2 is 1.74 bits per heavy atom. The number of rotatable bonds is 9. The topological polar surface area (TPSA) is 111 Å². The highest BCUT2D eigenvalue weighted by atomic mass is 35.5. The second-order valence-corrected chi connectivity index (χ2v) is 7.26. The molecular weight excluding hydrogens is 390 g/mol. The van der Waals surface area contributed by atoms with Gasteiger partial charge in [-0.2, -0.15) is 0 Å². The van der Waals surface area contributed by atoms with Gasteiger partial charge in [-0.1, -0.05) is 12.1 Å². The van der Waals surface area contributed by atoms with E-state index < -0.39 is 10.0 Å². The Labute approximate surface area is 165 Å². The van der Waals surface area contributed by atoms with Crippen LogP contribution in [0, 0.1) is 0 Å². The minimum absolute atomic E-state index is 0. The zero-order valence-corrected chi connectivity index (χ0v) is 16.6. The quantitative estimate of drug-likeness (QED) is 0.546. The molecule has 0 aliphatic rings. The summed E-state index contributed by atoms with van der Waals surface area (Å²) in [7, 11) is -2.32. The van der Waals surface area contributed by atoms with Crippen molar-refractivity contribution in [1.82, 2.24) is 5.32 Å². The molecule has 1 amide bonds. The second-order valence-electron chi connectivity index (χ2n) is 5.58. The highest BCUT2D eigenvalue weighted by Crippen LogP contribution is 2.21. The molecule has 0 heterocycles. The molecule has 7 nitrogen and oxygen atoms in total. The number of amides is 1. The Kier molecular flexibility index (Phi) is 9.07. The normalized spacial score (nSPS) is 10.6. The second kappa shape index (κ2) is 10.8. The van der Waals surface area contributed by atoms with Crippen molar-refractivity contribution in [3.8, 4) is 5.75 Å². The Morgan fingerprint density at radius 3 is 2.37 bits per heavy atom. The third-order valence-electron chi connectivity index (χ3n) is 3.70. The highest BCUT2D eigenvalue weighted by Gasteiger charge is 2.18. The van der Waals surface area contributed by atoms with Gasteiger partial charge in [-0.25, -0.2) is 8.42 Å². The van der Waals surface area contributed by atoms with E-state index in [9.17, 15) is 13.2 Å². The summed E-state index contributed by atoms with van der Waals surface area (Å²) in [6.07, 6.45) is 1.58. The average Bonchev–Trinajstić information content (AvgIpc) is 2.65. The van der Waals surface area contributed by atoms with Gasteiger partial charge in [-0.15, -0.1) is 12.4 Å². The van der Waals surface area contributed by atoms with E-state index in [0.29, 0.717) is 18.8 Å². The van der Waals surface area contributed by atoms with Gasteiger partial charge in [0.25, 0.3) is 15.9 Å². The van der Waals surface area contributed by atoms with Crippen molar-refractivity contribution in [2.24, 2.45) is 5.73 Å². The summed E-state index contributed by atoms with van der Waals surface area (Å²) in [5.74, 6) is 0.219. The molecule has 4 N–H and O–H groups in total. The van der Waals surface area contributed by atoms with E-state index in [1.807, 2.05) is 0 Å². The first-order valence-corrected chi connectivity index (χ1v) is 9.70. The number of benzene rings is 2. The van der Waals surface area contributed by atoms with Gasteiger partial charge in [0.15, 0.2) is 0 Å². The lowest BCUT2D eigenvalue weighted by Gasteiger charge is -2.13. The van der Waals surface area contributed by atoms with E-state index in [1.54, 1.807) is 36.4 Å². The molecule has 2 aromatic rings. The maximum atomic E-state index is 12.6. The Bertz CT molecular complexity index is 842. The highest BCUT2D eigenvalue weighted by molar-refractivity contribution is 7.92. The number of sulfonamides is 1. The molecule has 0 aliphatic heterocycles. The van der Waals surface area contributed by atoms with Crippen LogP contribution in [-0.4, -0.2) is 34.5 Å². The lowest BCUT2D eigenvalue weighted by molar-refractivity contribution is 0.0954. The molecule has 2 rings (SSSR count). The standard InChI is InChI=1S/C18H23N3O4S.ClH/c1-25-14-8-10-15(11-9-14)26(23,24)21-17-7-3-2-6-16(17)18(22)20-13-5-4-12-19;/h2-3,6-11,21H,4-5,12-13,19H2,1H3,(H,20,22);1H. The summed E-state index contributed by atoms with van der Waals surface area (Å²) in [4.78, 5) is 12.4. The summed E-state index contributed by atoms with van der Waals surface area (Å²) in [5, 5.41) is 2.77. The number of methoxy groups -OCH3 is 1. The van der Waals surface area contributed by atoms with Gasteiger partial charge in [-0.05, 0) is 55.8 Å². The lowest BCUT2D eigenvalue weighted by atomic mass is 10.1. The first-order chi connectivity index (χ1) is 12.5. The average molecular weight is 414 g/mol. The number of hydrogen-bond donors (Lipinski definition) is 3. The van der Waals surface area contributed by atoms with Crippen LogP contribution in [0.1, 0.15) is 23.2 Å². The Morgan fingerprint density at radius 1 is 1.07 bits per heavy atom. The molecule has 0 atom stereocenters. The van der Waals surface area contributed by atoms with Crippen molar-refractivity contribution >= 4 is 34.0 Å². The van der Waals surface area contributed by atoms with Crippen molar-refractivity contribution < 1.29 is 17.9 Å². The molecule has 9 heteroatoms. The molecule has 0 fully saturated rings. The predicted molar refractivity (Wildman–Crippen MR) is 108 cm³/mol. The van der Waals surface area contributed by atoms with Crippen LogP contribution in [0.2, 0.25) is 0 Å². The van der Waals surface area contributed by atoms with Crippen LogP contribution >= 0.6 is 12.4 Å². The third kappa shape index (κ3) is 6.42. The van der Waals surface area contributed by atoms with Gasteiger partial charge < -0.3 is 15.8 Å². The summed E-state index contributed by atoms with van der Waals surface area (Å²) in [6, 6.07) is 12.5. The van der Waals surface area contributed by atoms with Crippen LogP contribution < -0.4 is 20.5 Å². The van der Waals surface area contributed by atoms with Crippen LogP contribution in [0.3, 0.4) is 0 Å². The fourth-order valence-corrected chi connectivity index (χ4v) is 3.37. The molecule has 0 spiro atoms. The monoisotopic (exact) mass is 413 g/mol. The molecule has 27 heavy (non-hydrogen) atoms. The molecular formula is C18H24ClN3O4S. The zero-order chi connectivity index (χ0) is 19.0. The Balaban J connectivity index is 0.00000364. The van der Waals surface area contributed by atoms with Gasteiger partial charge >= 0.3 is 0 Å². The van der Waals surface area contributed by atoms with E-state index >= 15 is 0 Å². The van der Waals surface area contributed by atoms with Crippen LogP contribution in [0.5, 0.6) is 5.75 Å². The van der Waals surface area contributed by atoms with Crippen LogP contribution in [-0.2, 0) is 10.0 Å². The summed E-state index contributed by atoms with van der Waals surface area (Å²) < 4.78 is 32.7. The van der Waals surface area contributed by atoms with Crippen LogP contribution in [0.15, 0.2) is 53.4 Å². The summed E-state index contributed by atoms with van der Waals surface area (Å²) in [5.41, 5.74) is 5.91. The fraction of sp³-hybridized carbons (Fsp3) is 0.278. The first-order valence-electron chi connectivity index (χ1n) is 8.22. The molecule has 0 radical (unpaired) electrons. The summed E-state index contributed by atoms with van der Waals surface area (Å²) in [6.45, 7) is 1.05. The smallest absolute Gasteiger partial charge is 0.261 e. The molecule has 0 unspecified atom stereocenters.